The highest BCUT2D eigenvalue weighted by molar-refractivity contribution is 5.33. The molecule has 0 saturated carbocycles. The summed E-state index contributed by atoms with van der Waals surface area (Å²) in [5.74, 6) is 0. The van der Waals surface area contributed by atoms with Crippen molar-refractivity contribution in [2.75, 3.05) is 26.2 Å². The summed E-state index contributed by atoms with van der Waals surface area (Å²) in [4.78, 5) is 2.63. The summed E-state index contributed by atoms with van der Waals surface area (Å²) in [5, 5.41) is 3.44. The summed E-state index contributed by atoms with van der Waals surface area (Å²) < 4.78 is 0. The Morgan fingerprint density at radius 2 is 2.05 bits per heavy atom. The molecule has 0 radical (unpaired) electrons. The molecule has 0 amide bonds. The van der Waals surface area contributed by atoms with Crippen molar-refractivity contribution < 1.29 is 0 Å². The van der Waals surface area contributed by atoms with Crippen LogP contribution < -0.4 is 5.32 Å². The van der Waals surface area contributed by atoms with Crippen LogP contribution in [0.5, 0.6) is 0 Å². The first-order chi connectivity index (χ1) is 9.22. The molecule has 1 aromatic carbocycles. The van der Waals surface area contributed by atoms with Gasteiger partial charge in [-0.15, -0.1) is 6.58 Å². The second-order valence-electron chi connectivity index (χ2n) is 5.53. The third-order valence-electron chi connectivity index (χ3n) is 4.03. The van der Waals surface area contributed by atoms with Crippen molar-refractivity contribution in [3.8, 4) is 0 Å². The van der Waals surface area contributed by atoms with Crippen molar-refractivity contribution in [2.24, 2.45) is 0 Å². The molecule has 1 aromatic rings. The number of hydrogen-bond acceptors (Lipinski definition) is 2. The lowest BCUT2D eigenvalue weighted by Gasteiger charge is -2.36. The van der Waals surface area contributed by atoms with E-state index in [0.29, 0.717) is 6.04 Å². The van der Waals surface area contributed by atoms with E-state index in [1.807, 2.05) is 6.08 Å². The van der Waals surface area contributed by atoms with Crippen molar-refractivity contribution in [2.45, 2.75) is 32.7 Å². The Bertz CT molecular complexity index is 419. The molecule has 1 heterocycles. The molecule has 0 bridgehead atoms. The fourth-order valence-electron chi connectivity index (χ4n) is 2.92. The van der Waals surface area contributed by atoms with Gasteiger partial charge in [0.25, 0.3) is 0 Å². The fraction of sp³-hybridized carbons (Fsp3) is 0.529. The minimum absolute atomic E-state index is 0.542. The lowest BCUT2D eigenvalue weighted by Crippen LogP contribution is -2.45. The topological polar surface area (TPSA) is 15.3 Å². The second kappa shape index (κ2) is 6.88. The molecular weight excluding hydrogens is 232 g/mol. The largest absolute Gasteiger partial charge is 0.314 e. The van der Waals surface area contributed by atoms with E-state index in [2.05, 4.69) is 48.8 Å². The van der Waals surface area contributed by atoms with Gasteiger partial charge >= 0.3 is 0 Å². The van der Waals surface area contributed by atoms with Gasteiger partial charge < -0.3 is 5.32 Å². The molecule has 104 valence electrons. The molecule has 2 heteroatoms. The van der Waals surface area contributed by atoms with Gasteiger partial charge in [0.15, 0.2) is 0 Å². The molecular formula is C17H26N2. The normalized spacial score (nSPS) is 18.2. The number of nitrogens with zero attached hydrogens (tertiary/aromatic N) is 1. The van der Waals surface area contributed by atoms with Crippen LogP contribution >= 0.6 is 0 Å². The van der Waals surface area contributed by atoms with Gasteiger partial charge in [0.05, 0.1) is 0 Å². The summed E-state index contributed by atoms with van der Waals surface area (Å²) in [6.45, 7) is 12.8. The monoisotopic (exact) mass is 258 g/mol. The maximum atomic E-state index is 3.88. The molecule has 0 unspecified atom stereocenters. The molecule has 1 aliphatic rings. The molecule has 1 N–H and O–H groups in total. The summed E-state index contributed by atoms with van der Waals surface area (Å²) in [7, 11) is 0. The molecule has 2 rings (SSSR count). The van der Waals surface area contributed by atoms with Crippen LogP contribution in [0.1, 0.15) is 35.6 Å². The van der Waals surface area contributed by atoms with E-state index >= 15 is 0 Å². The Morgan fingerprint density at radius 1 is 1.32 bits per heavy atom. The van der Waals surface area contributed by atoms with Crippen LogP contribution in [-0.4, -0.2) is 31.1 Å². The quantitative estimate of drug-likeness (QED) is 0.816. The molecule has 0 spiro atoms. The minimum Gasteiger partial charge on any atom is -0.314 e. The van der Waals surface area contributed by atoms with Gasteiger partial charge in [-0.25, -0.2) is 0 Å². The Morgan fingerprint density at radius 3 is 2.74 bits per heavy atom. The first-order valence-electron chi connectivity index (χ1n) is 7.35. The van der Waals surface area contributed by atoms with Crippen molar-refractivity contribution in [1.29, 1.82) is 0 Å². The zero-order valence-electron chi connectivity index (χ0n) is 12.3. The number of allylic oxidation sites excluding steroid dienone is 1. The number of hydrogen-bond donors (Lipinski definition) is 1. The van der Waals surface area contributed by atoms with E-state index < -0.39 is 0 Å². The highest BCUT2D eigenvalue weighted by atomic mass is 15.2. The van der Waals surface area contributed by atoms with Crippen molar-refractivity contribution >= 4 is 0 Å². The van der Waals surface area contributed by atoms with Gasteiger partial charge in [-0.2, -0.15) is 0 Å². The van der Waals surface area contributed by atoms with E-state index in [0.717, 1.165) is 32.6 Å². The first kappa shape index (κ1) is 14.3. The van der Waals surface area contributed by atoms with E-state index in [4.69, 9.17) is 0 Å². The van der Waals surface area contributed by atoms with Crippen LogP contribution in [0.3, 0.4) is 0 Å². The van der Waals surface area contributed by atoms with Gasteiger partial charge in [0.1, 0.15) is 0 Å². The Labute approximate surface area is 117 Å². The molecule has 1 aliphatic heterocycles. The number of benzene rings is 1. The van der Waals surface area contributed by atoms with Crippen LogP contribution in [0.4, 0.5) is 0 Å². The number of piperazine rings is 1. The summed E-state index contributed by atoms with van der Waals surface area (Å²) in [6, 6.07) is 7.38. The van der Waals surface area contributed by atoms with E-state index in [-0.39, 0.29) is 0 Å². The average molecular weight is 258 g/mol. The Balaban J connectivity index is 2.24. The third kappa shape index (κ3) is 3.68. The van der Waals surface area contributed by atoms with Gasteiger partial charge in [-0.05, 0) is 37.8 Å². The van der Waals surface area contributed by atoms with E-state index in [1.165, 1.54) is 23.1 Å². The maximum Gasteiger partial charge on any atom is 0.0354 e. The molecule has 2 nitrogen and oxygen atoms in total. The predicted octanol–water partition coefficient (Wildman–Crippen LogP) is 3.22. The van der Waals surface area contributed by atoms with Crippen molar-refractivity contribution in [1.82, 2.24) is 10.2 Å². The van der Waals surface area contributed by atoms with Crippen molar-refractivity contribution in [3.63, 3.8) is 0 Å². The molecule has 1 fully saturated rings. The highest BCUT2D eigenvalue weighted by Crippen LogP contribution is 2.29. The van der Waals surface area contributed by atoms with Gasteiger partial charge in [-0.1, -0.05) is 29.8 Å². The number of rotatable bonds is 5. The molecule has 0 aliphatic carbocycles. The average Bonchev–Trinajstić information content (AvgIpc) is 2.44. The van der Waals surface area contributed by atoms with E-state index in [9.17, 15) is 0 Å². The van der Waals surface area contributed by atoms with Crippen LogP contribution in [-0.2, 0) is 0 Å². The zero-order chi connectivity index (χ0) is 13.7. The lowest BCUT2D eigenvalue weighted by atomic mass is 9.94. The minimum atomic E-state index is 0.542. The Kier molecular flexibility index (Phi) is 5.17. The summed E-state index contributed by atoms with van der Waals surface area (Å²) >= 11 is 0. The van der Waals surface area contributed by atoms with Crippen LogP contribution in [0.2, 0.25) is 0 Å². The SMILES string of the molecule is C=CCC[C@H](c1cc(C)ccc1C)N1CCNCC1. The van der Waals surface area contributed by atoms with Crippen molar-refractivity contribution in [3.05, 3.63) is 47.5 Å². The lowest BCUT2D eigenvalue weighted by molar-refractivity contribution is 0.165. The summed E-state index contributed by atoms with van der Waals surface area (Å²) in [5.41, 5.74) is 4.28. The second-order valence-corrected chi connectivity index (χ2v) is 5.53. The molecule has 19 heavy (non-hydrogen) atoms. The molecule has 0 aromatic heterocycles. The maximum absolute atomic E-state index is 3.88. The van der Waals surface area contributed by atoms with E-state index in [1.54, 1.807) is 0 Å². The third-order valence-corrected chi connectivity index (χ3v) is 4.03. The zero-order valence-corrected chi connectivity index (χ0v) is 12.3. The van der Waals surface area contributed by atoms with Gasteiger partial charge in [-0.3, -0.25) is 4.90 Å². The highest BCUT2D eigenvalue weighted by Gasteiger charge is 2.22. The first-order valence-corrected chi connectivity index (χ1v) is 7.35. The number of aryl methyl sites for hydroxylation is 2. The predicted molar refractivity (Wildman–Crippen MR) is 82.5 cm³/mol. The number of nitrogens with one attached hydrogen (secondary N) is 1. The molecule has 1 saturated heterocycles. The standard InChI is InChI=1S/C17H26N2/c1-4-5-6-17(19-11-9-18-10-12-19)16-13-14(2)7-8-15(16)3/h4,7-8,13,17-18H,1,5-6,9-12H2,2-3H3/t17-/m1/s1. The smallest absolute Gasteiger partial charge is 0.0354 e. The molecule has 1 atom stereocenters. The van der Waals surface area contributed by atoms with Crippen LogP contribution in [0.25, 0.3) is 0 Å². The van der Waals surface area contributed by atoms with Crippen LogP contribution in [0.15, 0.2) is 30.9 Å². The van der Waals surface area contributed by atoms with Gasteiger partial charge in [0.2, 0.25) is 0 Å². The van der Waals surface area contributed by atoms with Gasteiger partial charge in [0, 0.05) is 32.2 Å². The Hall–Kier alpha value is -1.12. The summed E-state index contributed by atoms with van der Waals surface area (Å²) in [6.07, 6.45) is 4.30. The fourth-order valence-corrected chi connectivity index (χ4v) is 2.92. The van der Waals surface area contributed by atoms with Crippen LogP contribution in [0, 0.1) is 13.8 Å².